The van der Waals surface area contributed by atoms with Gasteiger partial charge in [-0.3, -0.25) is 14.4 Å². The number of fused-ring (bicyclic) bond motifs is 1. The molecule has 2 N–H and O–H groups in total. The van der Waals surface area contributed by atoms with Crippen LogP contribution in [0.15, 0.2) is 29.2 Å². The molecule has 0 saturated heterocycles. The summed E-state index contributed by atoms with van der Waals surface area (Å²) in [4.78, 5) is 36.3. The standard InChI is InChI=1S/C15H18N2O4S/c1-3-16-14(19)9(2)21-13(18)8-12-15(20)17-10-6-4-5-7-11(10)22-12/h4-7,9,12H,3,8H2,1-2H3,(H,16,19)(H,17,20)/t9-,12+/m1/s1. The maximum absolute atomic E-state index is 12.0. The second-order valence-electron chi connectivity index (χ2n) is 4.82. The third-order valence-corrected chi connectivity index (χ3v) is 4.36. The van der Waals surface area contributed by atoms with Crippen LogP contribution >= 0.6 is 11.8 Å². The first kappa shape index (κ1) is 16.4. The molecule has 22 heavy (non-hydrogen) atoms. The fourth-order valence-corrected chi connectivity index (χ4v) is 3.09. The molecule has 0 fully saturated rings. The van der Waals surface area contributed by atoms with Gasteiger partial charge in [-0.1, -0.05) is 12.1 Å². The molecule has 1 aromatic rings. The third kappa shape index (κ3) is 4.00. The van der Waals surface area contributed by atoms with Crippen molar-refractivity contribution < 1.29 is 19.1 Å². The number of hydrogen-bond acceptors (Lipinski definition) is 5. The van der Waals surface area contributed by atoms with Gasteiger partial charge in [0.05, 0.1) is 17.4 Å². The SMILES string of the molecule is CCNC(=O)[C@@H](C)OC(=O)C[C@@H]1Sc2ccccc2NC1=O. The van der Waals surface area contributed by atoms with Gasteiger partial charge < -0.3 is 15.4 Å². The van der Waals surface area contributed by atoms with E-state index >= 15 is 0 Å². The lowest BCUT2D eigenvalue weighted by atomic mass is 10.2. The quantitative estimate of drug-likeness (QED) is 0.804. The average Bonchev–Trinajstić information content (AvgIpc) is 2.48. The summed E-state index contributed by atoms with van der Waals surface area (Å²) in [5, 5.41) is 4.79. The molecule has 0 radical (unpaired) electrons. The summed E-state index contributed by atoms with van der Waals surface area (Å²) in [7, 11) is 0. The van der Waals surface area contributed by atoms with Crippen LogP contribution in [0.3, 0.4) is 0 Å². The summed E-state index contributed by atoms with van der Waals surface area (Å²) in [6.45, 7) is 3.76. The van der Waals surface area contributed by atoms with E-state index in [0.29, 0.717) is 6.54 Å². The molecule has 1 aliphatic heterocycles. The number of nitrogens with one attached hydrogen (secondary N) is 2. The number of ether oxygens (including phenoxy) is 1. The highest BCUT2D eigenvalue weighted by Crippen LogP contribution is 2.36. The highest BCUT2D eigenvalue weighted by atomic mass is 32.2. The normalized spacial score (nSPS) is 17.9. The van der Waals surface area contributed by atoms with Crippen molar-refractivity contribution in [3.8, 4) is 0 Å². The van der Waals surface area contributed by atoms with E-state index < -0.39 is 17.3 Å². The number of amides is 2. The molecule has 1 aliphatic rings. The van der Waals surface area contributed by atoms with Crippen LogP contribution in [0.2, 0.25) is 0 Å². The van der Waals surface area contributed by atoms with Gasteiger partial charge in [0.25, 0.3) is 5.91 Å². The molecule has 7 heteroatoms. The predicted octanol–water partition coefficient (Wildman–Crippen LogP) is 1.56. The van der Waals surface area contributed by atoms with Crippen LogP contribution in [0.4, 0.5) is 5.69 Å². The lowest BCUT2D eigenvalue weighted by Gasteiger charge is -2.23. The molecular weight excluding hydrogens is 304 g/mol. The zero-order chi connectivity index (χ0) is 16.1. The Morgan fingerprint density at radius 3 is 2.86 bits per heavy atom. The summed E-state index contributed by atoms with van der Waals surface area (Å²) in [5.74, 6) is -1.14. The van der Waals surface area contributed by atoms with E-state index in [1.165, 1.54) is 18.7 Å². The van der Waals surface area contributed by atoms with Crippen LogP contribution in [0.25, 0.3) is 0 Å². The molecule has 6 nitrogen and oxygen atoms in total. The van der Waals surface area contributed by atoms with Gasteiger partial charge in [0, 0.05) is 11.4 Å². The summed E-state index contributed by atoms with van der Waals surface area (Å²) in [5.41, 5.74) is 0.748. The summed E-state index contributed by atoms with van der Waals surface area (Å²) < 4.78 is 5.06. The Morgan fingerprint density at radius 1 is 1.41 bits per heavy atom. The van der Waals surface area contributed by atoms with Crippen molar-refractivity contribution in [3.63, 3.8) is 0 Å². The molecule has 1 aromatic carbocycles. The molecule has 0 saturated carbocycles. The second-order valence-corrected chi connectivity index (χ2v) is 6.07. The van der Waals surface area contributed by atoms with E-state index in [2.05, 4.69) is 10.6 Å². The van der Waals surface area contributed by atoms with E-state index in [-0.39, 0.29) is 18.2 Å². The third-order valence-electron chi connectivity index (χ3n) is 3.09. The Labute approximate surface area is 133 Å². The van der Waals surface area contributed by atoms with Crippen molar-refractivity contribution in [1.29, 1.82) is 0 Å². The first-order valence-electron chi connectivity index (χ1n) is 7.05. The minimum Gasteiger partial charge on any atom is -0.453 e. The number of carbonyl (C=O) groups excluding carboxylic acids is 3. The van der Waals surface area contributed by atoms with Gasteiger partial charge in [-0.15, -0.1) is 11.8 Å². The second kappa shape index (κ2) is 7.31. The Hall–Kier alpha value is -2.02. The number of hydrogen-bond donors (Lipinski definition) is 2. The predicted molar refractivity (Wildman–Crippen MR) is 83.6 cm³/mol. The van der Waals surface area contributed by atoms with Crippen molar-refractivity contribution in [2.75, 3.05) is 11.9 Å². The molecule has 1 heterocycles. The molecule has 0 aliphatic carbocycles. The van der Waals surface area contributed by atoms with Gasteiger partial charge in [-0.25, -0.2) is 0 Å². The highest BCUT2D eigenvalue weighted by molar-refractivity contribution is 8.01. The highest BCUT2D eigenvalue weighted by Gasteiger charge is 2.30. The monoisotopic (exact) mass is 322 g/mol. The van der Waals surface area contributed by atoms with Crippen molar-refractivity contribution >= 4 is 35.2 Å². The summed E-state index contributed by atoms with van der Waals surface area (Å²) in [6, 6.07) is 7.40. The molecule has 2 amide bonds. The molecule has 2 atom stereocenters. The van der Waals surface area contributed by atoms with Gasteiger partial charge >= 0.3 is 5.97 Å². The molecular formula is C15H18N2O4S. The number of esters is 1. The Kier molecular flexibility index (Phi) is 5.43. The van der Waals surface area contributed by atoms with Crippen molar-refractivity contribution in [1.82, 2.24) is 5.32 Å². The van der Waals surface area contributed by atoms with Gasteiger partial charge in [-0.2, -0.15) is 0 Å². The van der Waals surface area contributed by atoms with Gasteiger partial charge in [0.15, 0.2) is 6.10 Å². The lowest BCUT2D eigenvalue weighted by molar-refractivity contribution is -0.155. The topological polar surface area (TPSA) is 84.5 Å². The molecule has 0 bridgehead atoms. The number of thioether (sulfide) groups is 1. The van der Waals surface area contributed by atoms with Crippen LogP contribution in [-0.2, 0) is 19.1 Å². The molecule has 2 rings (SSSR count). The van der Waals surface area contributed by atoms with Crippen LogP contribution in [0.1, 0.15) is 20.3 Å². The fourth-order valence-electron chi connectivity index (χ4n) is 2.00. The first-order chi connectivity index (χ1) is 10.5. The number of likely N-dealkylation sites (N-methyl/N-ethyl adjacent to an activating group) is 1. The summed E-state index contributed by atoms with van der Waals surface area (Å²) >= 11 is 1.33. The summed E-state index contributed by atoms with van der Waals surface area (Å²) in [6.07, 6.45) is -0.939. The molecule has 0 spiro atoms. The van der Waals surface area contributed by atoms with Crippen LogP contribution in [0, 0.1) is 0 Å². The Morgan fingerprint density at radius 2 is 2.14 bits per heavy atom. The zero-order valence-corrected chi connectivity index (χ0v) is 13.2. The van der Waals surface area contributed by atoms with Crippen LogP contribution in [0.5, 0.6) is 0 Å². The fraction of sp³-hybridized carbons (Fsp3) is 0.400. The number of anilines is 1. The van der Waals surface area contributed by atoms with E-state index in [1.54, 1.807) is 6.92 Å². The lowest BCUT2D eigenvalue weighted by Crippen LogP contribution is -2.37. The van der Waals surface area contributed by atoms with E-state index in [4.69, 9.17) is 4.74 Å². The molecule has 0 aromatic heterocycles. The minimum absolute atomic E-state index is 0.0748. The number of benzene rings is 1. The Bertz CT molecular complexity index is 591. The molecule has 0 unspecified atom stereocenters. The number of carbonyl (C=O) groups is 3. The van der Waals surface area contributed by atoms with Crippen LogP contribution in [-0.4, -0.2) is 35.7 Å². The Balaban J connectivity index is 1.92. The maximum Gasteiger partial charge on any atom is 0.308 e. The van der Waals surface area contributed by atoms with E-state index in [9.17, 15) is 14.4 Å². The van der Waals surface area contributed by atoms with Gasteiger partial charge in [0.2, 0.25) is 5.91 Å². The van der Waals surface area contributed by atoms with E-state index in [1.807, 2.05) is 24.3 Å². The number of rotatable bonds is 5. The van der Waals surface area contributed by atoms with E-state index in [0.717, 1.165) is 10.6 Å². The van der Waals surface area contributed by atoms with Gasteiger partial charge in [0.1, 0.15) is 0 Å². The zero-order valence-electron chi connectivity index (χ0n) is 12.4. The van der Waals surface area contributed by atoms with Crippen LogP contribution < -0.4 is 10.6 Å². The van der Waals surface area contributed by atoms with Gasteiger partial charge in [-0.05, 0) is 26.0 Å². The minimum atomic E-state index is -0.864. The van der Waals surface area contributed by atoms with Crippen molar-refractivity contribution in [2.45, 2.75) is 36.5 Å². The number of para-hydroxylation sites is 1. The smallest absolute Gasteiger partial charge is 0.308 e. The van der Waals surface area contributed by atoms with Crippen molar-refractivity contribution in [3.05, 3.63) is 24.3 Å². The molecule has 118 valence electrons. The largest absolute Gasteiger partial charge is 0.453 e. The average molecular weight is 322 g/mol. The maximum atomic E-state index is 12.0. The first-order valence-corrected chi connectivity index (χ1v) is 7.93. The van der Waals surface area contributed by atoms with Crippen molar-refractivity contribution in [2.24, 2.45) is 0 Å².